The van der Waals surface area contributed by atoms with Crippen molar-refractivity contribution < 1.29 is 27.4 Å². The summed E-state index contributed by atoms with van der Waals surface area (Å²) < 4.78 is 54.2. The molecule has 0 spiro atoms. The lowest BCUT2D eigenvalue weighted by molar-refractivity contribution is -0.274. The highest BCUT2D eigenvalue weighted by Crippen LogP contribution is 2.52. The van der Waals surface area contributed by atoms with Gasteiger partial charge in [-0.1, -0.05) is 12.1 Å². The van der Waals surface area contributed by atoms with Crippen LogP contribution in [0.25, 0.3) is 0 Å². The number of hydrogen-bond acceptors (Lipinski definition) is 4. The summed E-state index contributed by atoms with van der Waals surface area (Å²) in [6.07, 6.45) is 1.92. The van der Waals surface area contributed by atoms with Gasteiger partial charge in [0.1, 0.15) is 11.6 Å². The van der Waals surface area contributed by atoms with Crippen molar-refractivity contribution in [1.29, 1.82) is 0 Å². The van der Waals surface area contributed by atoms with E-state index in [1.54, 1.807) is 12.1 Å². The van der Waals surface area contributed by atoms with Gasteiger partial charge in [0, 0.05) is 22.8 Å². The molecule has 2 bridgehead atoms. The number of rotatable bonds is 6. The number of aliphatic hydroxyl groups excluding tert-OH is 1. The van der Waals surface area contributed by atoms with Crippen LogP contribution < -0.4 is 10.1 Å². The number of aliphatic hydroxyl groups is 1. The normalized spacial score (nSPS) is 25.5. The molecule has 2 aliphatic heterocycles. The zero-order chi connectivity index (χ0) is 20.7. The molecule has 0 amide bonds. The standard InChI is InChI=1S/C21H22F4N2O2.2ClH/c22-16-11-15(12-26-13-16)18(28)20-9-7-19(27-20,8-10-20)6-5-14-1-3-17(4-2-14)29-21(23,24)25;;/h1-4,11-13,18,27-28H,5-10H2;2*1H/t18-,19?,20?;;/m0../s1. The maximum Gasteiger partial charge on any atom is 0.573 e. The fraction of sp³-hybridized carbons (Fsp3) is 0.476. The van der Waals surface area contributed by atoms with Crippen LogP contribution in [0.3, 0.4) is 0 Å². The van der Waals surface area contributed by atoms with Crippen molar-refractivity contribution in [3.8, 4) is 5.75 Å². The molecular formula is C21H24Cl2F4N2O2. The molecule has 2 fully saturated rings. The molecule has 10 heteroatoms. The van der Waals surface area contributed by atoms with Crippen LogP contribution in [-0.4, -0.2) is 27.5 Å². The molecule has 172 valence electrons. The van der Waals surface area contributed by atoms with Crippen molar-refractivity contribution >= 4 is 24.8 Å². The Morgan fingerprint density at radius 1 is 1.06 bits per heavy atom. The number of pyridine rings is 1. The topological polar surface area (TPSA) is 54.4 Å². The average molecular weight is 483 g/mol. The third kappa shape index (κ3) is 5.61. The van der Waals surface area contributed by atoms with Crippen molar-refractivity contribution in [3.05, 3.63) is 59.7 Å². The molecule has 1 aromatic heterocycles. The lowest BCUT2D eigenvalue weighted by Crippen LogP contribution is -2.46. The van der Waals surface area contributed by atoms with Gasteiger partial charge in [-0.3, -0.25) is 4.98 Å². The van der Waals surface area contributed by atoms with E-state index in [0.29, 0.717) is 12.0 Å². The molecule has 2 N–H and O–H groups in total. The molecule has 4 rings (SSSR count). The number of nitrogens with zero attached hydrogens (tertiary/aromatic N) is 1. The highest BCUT2D eigenvalue weighted by atomic mass is 35.5. The number of aryl methyl sites for hydroxylation is 1. The molecule has 2 aliphatic rings. The first-order chi connectivity index (χ1) is 13.7. The summed E-state index contributed by atoms with van der Waals surface area (Å²) in [4.78, 5) is 3.83. The van der Waals surface area contributed by atoms with Crippen LogP contribution in [0.2, 0.25) is 0 Å². The molecule has 1 aromatic carbocycles. The maximum absolute atomic E-state index is 13.5. The number of ether oxygens (including phenoxy) is 1. The van der Waals surface area contributed by atoms with Gasteiger partial charge in [-0.15, -0.1) is 38.0 Å². The van der Waals surface area contributed by atoms with E-state index < -0.39 is 23.8 Å². The Morgan fingerprint density at radius 3 is 2.29 bits per heavy atom. The summed E-state index contributed by atoms with van der Waals surface area (Å²) in [5, 5.41) is 14.5. The zero-order valence-corrected chi connectivity index (χ0v) is 18.1. The fourth-order valence-corrected chi connectivity index (χ4v) is 4.75. The van der Waals surface area contributed by atoms with E-state index >= 15 is 0 Å². The fourth-order valence-electron chi connectivity index (χ4n) is 4.75. The molecule has 31 heavy (non-hydrogen) atoms. The number of hydrogen-bond donors (Lipinski definition) is 2. The second-order valence-corrected chi connectivity index (χ2v) is 8.09. The van der Waals surface area contributed by atoms with Crippen molar-refractivity contribution in [3.63, 3.8) is 0 Å². The Kier molecular flexibility index (Phi) is 7.85. The third-order valence-electron chi connectivity index (χ3n) is 6.23. The summed E-state index contributed by atoms with van der Waals surface area (Å²) in [6.45, 7) is 0. The number of benzene rings is 1. The molecule has 4 nitrogen and oxygen atoms in total. The quantitative estimate of drug-likeness (QED) is 0.549. The van der Waals surface area contributed by atoms with Gasteiger partial charge in [0.2, 0.25) is 0 Å². The van der Waals surface area contributed by atoms with E-state index in [-0.39, 0.29) is 36.1 Å². The van der Waals surface area contributed by atoms with E-state index in [0.717, 1.165) is 43.9 Å². The minimum atomic E-state index is -4.69. The van der Waals surface area contributed by atoms with E-state index in [1.165, 1.54) is 24.4 Å². The Labute approximate surface area is 190 Å². The number of aromatic nitrogens is 1. The van der Waals surface area contributed by atoms with E-state index in [4.69, 9.17) is 0 Å². The number of alkyl halides is 3. The van der Waals surface area contributed by atoms with Gasteiger partial charge in [-0.05, 0) is 62.3 Å². The molecule has 0 radical (unpaired) electrons. The van der Waals surface area contributed by atoms with Crippen LogP contribution in [-0.2, 0) is 6.42 Å². The van der Waals surface area contributed by atoms with Crippen molar-refractivity contribution in [1.82, 2.24) is 10.3 Å². The Morgan fingerprint density at radius 2 is 1.71 bits per heavy atom. The van der Waals surface area contributed by atoms with Gasteiger partial charge in [0.25, 0.3) is 0 Å². The molecule has 0 aliphatic carbocycles. The first-order valence-electron chi connectivity index (χ1n) is 9.61. The molecule has 2 aromatic rings. The molecule has 3 heterocycles. The summed E-state index contributed by atoms with van der Waals surface area (Å²) in [7, 11) is 0. The molecule has 2 saturated heterocycles. The van der Waals surface area contributed by atoms with Gasteiger partial charge in [-0.2, -0.15) is 0 Å². The van der Waals surface area contributed by atoms with Gasteiger partial charge in [0.05, 0.1) is 12.3 Å². The largest absolute Gasteiger partial charge is 0.573 e. The van der Waals surface area contributed by atoms with Crippen molar-refractivity contribution in [2.45, 2.75) is 62.1 Å². The highest BCUT2D eigenvalue weighted by molar-refractivity contribution is 5.85. The molecular weight excluding hydrogens is 459 g/mol. The second-order valence-electron chi connectivity index (χ2n) is 8.09. The Balaban J connectivity index is 0.00000171. The van der Waals surface area contributed by atoms with Gasteiger partial charge < -0.3 is 15.2 Å². The second kappa shape index (κ2) is 9.48. The molecule has 0 unspecified atom stereocenters. The SMILES string of the molecule is Cl.Cl.O[C@@H](c1cncc(F)c1)C12CCC(CCc3ccc(OC(F)(F)F)cc3)(CC1)N2. The smallest absolute Gasteiger partial charge is 0.406 e. The van der Waals surface area contributed by atoms with Crippen LogP contribution in [0.4, 0.5) is 17.6 Å². The predicted molar refractivity (Wildman–Crippen MR) is 112 cm³/mol. The zero-order valence-electron chi connectivity index (χ0n) is 16.5. The van der Waals surface area contributed by atoms with Gasteiger partial charge in [-0.25, -0.2) is 4.39 Å². The summed E-state index contributed by atoms with van der Waals surface area (Å²) >= 11 is 0. The minimum absolute atomic E-state index is 0. The highest BCUT2D eigenvalue weighted by Gasteiger charge is 2.56. The average Bonchev–Trinajstić information content (AvgIpc) is 3.24. The Hall–Kier alpha value is -1.61. The Bertz CT molecular complexity index is 872. The van der Waals surface area contributed by atoms with Crippen molar-refractivity contribution in [2.75, 3.05) is 0 Å². The predicted octanol–water partition coefficient (Wildman–Crippen LogP) is 5.28. The van der Waals surface area contributed by atoms with Crippen LogP contribution in [0.5, 0.6) is 5.75 Å². The summed E-state index contributed by atoms with van der Waals surface area (Å²) in [5.41, 5.74) is 0.786. The van der Waals surface area contributed by atoms with E-state index in [2.05, 4.69) is 15.0 Å². The summed E-state index contributed by atoms with van der Waals surface area (Å²) in [6, 6.07) is 7.24. The van der Waals surface area contributed by atoms with Gasteiger partial charge >= 0.3 is 6.36 Å². The monoisotopic (exact) mass is 482 g/mol. The minimum Gasteiger partial charge on any atom is -0.406 e. The van der Waals surface area contributed by atoms with Crippen LogP contribution in [0.1, 0.15) is 49.3 Å². The van der Waals surface area contributed by atoms with Crippen LogP contribution in [0.15, 0.2) is 42.7 Å². The number of fused-ring (bicyclic) bond motifs is 2. The van der Waals surface area contributed by atoms with Crippen LogP contribution in [0, 0.1) is 5.82 Å². The van der Waals surface area contributed by atoms with Crippen molar-refractivity contribution in [2.24, 2.45) is 0 Å². The van der Waals surface area contributed by atoms with Gasteiger partial charge in [0.15, 0.2) is 0 Å². The number of halogens is 6. The lowest BCUT2D eigenvalue weighted by atomic mass is 9.76. The third-order valence-corrected chi connectivity index (χ3v) is 6.23. The van der Waals surface area contributed by atoms with E-state index in [1.807, 2.05) is 0 Å². The first kappa shape index (κ1) is 25.6. The number of nitrogens with one attached hydrogen (secondary N) is 1. The first-order valence-corrected chi connectivity index (χ1v) is 9.61. The lowest BCUT2D eigenvalue weighted by Gasteiger charge is -2.32. The summed E-state index contributed by atoms with van der Waals surface area (Å²) in [5.74, 6) is -0.705. The van der Waals surface area contributed by atoms with E-state index in [9.17, 15) is 22.7 Å². The molecule has 0 saturated carbocycles. The maximum atomic E-state index is 13.5. The molecule has 1 atom stereocenters. The van der Waals surface area contributed by atoms with Crippen LogP contribution >= 0.6 is 24.8 Å².